The number of piperidine rings is 1. The van der Waals surface area contributed by atoms with E-state index in [1.54, 1.807) is 12.1 Å². The molecule has 1 N–H and O–H groups in total. The van der Waals surface area contributed by atoms with Crippen molar-refractivity contribution in [3.63, 3.8) is 0 Å². The van der Waals surface area contributed by atoms with E-state index in [0.29, 0.717) is 11.6 Å². The average molecular weight is 340 g/mol. The van der Waals surface area contributed by atoms with Crippen LogP contribution in [0.1, 0.15) is 37.0 Å². The Morgan fingerprint density at radius 3 is 2.28 bits per heavy atom. The Bertz CT molecular complexity index is 710. The number of hydrogen-bond acceptors (Lipinski definition) is 2. The number of rotatable bonds is 4. The number of likely N-dealkylation sites (tertiary alicyclic amines) is 1. The minimum Gasteiger partial charge on any atom is -0.348 e. The van der Waals surface area contributed by atoms with Crippen molar-refractivity contribution < 1.29 is 9.18 Å². The van der Waals surface area contributed by atoms with Crippen LogP contribution in [0.15, 0.2) is 48.5 Å². The molecule has 1 atom stereocenters. The summed E-state index contributed by atoms with van der Waals surface area (Å²) >= 11 is 0. The Hall–Kier alpha value is -2.20. The average Bonchev–Trinajstić information content (AvgIpc) is 2.63. The molecular formula is C21H25FN2O. The van der Waals surface area contributed by atoms with Crippen molar-refractivity contribution in [2.24, 2.45) is 0 Å². The van der Waals surface area contributed by atoms with E-state index in [2.05, 4.69) is 24.1 Å². The maximum absolute atomic E-state index is 13.0. The Morgan fingerprint density at radius 1 is 1.08 bits per heavy atom. The highest BCUT2D eigenvalue weighted by atomic mass is 19.1. The molecule has 4 heteroatoms. The molecule has 0 spiro atoms. The minimum atomic E-state index is -0.248. The van der Waals surface area contributed by atoms with Crippen LogP contribution in [0.25, 0.3) is 11.1 Å². The fraction of sp³-hybridized carbons (Fsp3) is 0.381. The smallest absolute Gasteiger partial charge is 0.251 e. The second-order valence-corrected chi connectivity index (χ2v) is 6.99. The number of amides is 1. The van der Waals surface area contributed by atoms with Crippen LogP contribution in [0, 0.1) is 5.82 Å². The molecule has 25 heavy (non-hydrogen) atoms. The number of benzene rings is 2. The summed E-state index contributed by atoms with van der Waals surface area (Å²) in [5.41, 5.74) is 2.57. The molecule has 1 aliphatic heterocycles. The van der Waals surface area contributed by atoms with Gasteiger partial charge in [-0.25, -0.2) is 4.39 Å². The zero-order chi connectivity index (χ0) is 17.8. The van der Waals surface area contributed by atoms with Gasteiger partial charge in [0.05, 0.1) is 0 Å². The normalized spacial score (nSPS) is 18.3. The molecule has 0 radical (unpaired) electrons. The summed E-state index contributed by atoms with van der Waals surface area (Å²) in [7, 11) is 0. The molecule has 3 rings (SSSR count). The molecule has 132 valence electrons. The maximum Gasteiger partial charge on any atom is 0.251 e. The predicted octanol–water partition coefficient (Wildman–Crippen LogP) is 4.10. The lowest BCUT2D eigenvalue weighted by Crippen LogP contribution is -2.49. The molecular weight excluding hydrogens is 315 g/mol. The molecule has 0 saturated carbocycles. The lowest BCUT2D eigenvalue weighted by molar-refractivity contribution is 0.0886. The summed E-state index contributed by atoms with van der Waals surface area (Å²) in [6.07, 6.45) is 2.15. The van der Waals surface area contributed by atoms with Crippen molar-refractivity contribution in [3.05, 3.63) is 59.9 Å². The van der Waals surface area contributed by atoms with E-state index < -0.39 is 0 Å². The SMILES string of the molecule is CC(C)N1CCCC(NC(=O)c2ccc(-c3ccc(F)cc3)cc2)C1. The lowest BCUT2D eigenvalue weighted by atomic mass is 10.0. The van der Waals surface area contributed by atoms with Crippen LogP contribution in [-0.4, -0.2) is 36.0 Å². The lowest BCUT2D eigenvalue weighted by Gasteiger charge is -2.35. The van der Waals surface area contributed by atoms with Crippen LogP contribution in [0.2, 0.25) is 0 Å². The van der Waals surface area contributed by atoms with Crippen LogP contribution in [0.3, 0.4) is 0 Å². The summed E-state index contributed by atoms with van der Waals surface area (Å²) in [4.78, 5) is 14.9. The monoisotopic (exact) mass is 340 g/mol. The Balaban J connectivity index is 1.63. The summed E-state index contributed by atoms with van der Waals surface area (Å²) < 4.78 is 13.0. The highest BCUT2D eigenvalue weighted by Gasteiger charge is 2.23. The summed E-state index contributed by atoms with van der Waals surface area (Å²) in [6, 6.07) is 14.6. The predicted molar refractivity (Wildman–Crippen MR) is 99.0 cm³/mol. The number of hydrogen-bond donors (Lipinski definition) is 1. The van der Waals surface area contributed by atoms with Crippen molar-refractivity contribution in [1.82, 2.24) is 10.2 Å². The number of halogens is 1. The van der Waals surface area contributed by atoms with Crippen molar-refractivity contribution in [3.8, 4) is 11.1 Å². The molecule has 0 aliphatic carbocycles. The van der Waals surface area contributed by atoms with E-state index in [4.69, 9.17) is 0 Å². The van der Waals surface area contributed by atoms with E-state index >= 15 is 0 Å². The second-order valence-electron chi connectivity index (χ2n) is 6.99. The first-order valence-corrected chi connectivity index (χ1v) is 8.94. The first kappa shape index (κ1) is 17.6. The Morgan fingerprint density at radius 2 is 1.68 bits per heavy atom. The number of nitrogens with one attached hydrogen (secondary N) is 1. The molecule has 0 aromatic heterocycles. The van der Waals surface area contributed by atoms with Crippen LogP contribution >= 0.6 is 0 Å². The quantitative estimate of drug-likeness (QED) is 0.909. The van der Waals surface area contributed by atoms with Crippen molar-refractivity contribution in [2.75, 3.05) is 13.1 Å². The third-order valence-corrected chi connectivity index (χ3v) is 4.84. The van der Waals surface area contributed by atoms with Gasteiger partial charge >= 0.3 is 0 Å². The molecule has 1 heterocycles. The molecule has 1 aliphatic rings. The Kier molecular flexibility index (Phi) is 5.49. The maximum atomic E-state index is 13.0. The van der Waals surface area contributed by atoms with Gasteiger partial charge in [0.25, 0.3) is 5.91 Å². The fourth-order valence-electron chi connectivity index (χ4n) is 3.32. The van der Waals surface area contributed by atoms with Gasteiger partial charge in [-0.3, -0.25) is 9.69 Å². The first-order valence-electron chi connectivity index (χ1n) is 8.94. The Labute approximate surface area is 148 Å². The molecule has 3 nitrogen and oxygen atoms in total. The van der Waals surface area contributed by atoms with Gasteiger partial charge in [-0.15, -0.1) is 0 Å². The summed E-state index contributed by atoms with van der Waals surface area (Å²) in [5, 5.41) is 3.16. The highest BCUT2D eigenvalue weighted by molar-refractivity contribution is 5.94. The topological polar surface area (TPSA) is 32.3 Å². The van der Waals surface area contributed by atoms with Gasteiger partial charge in [0.2, 0.25) is 0 Å². The zero-order valence-electron chi connectivity index (χ0n) is 14.8. The fourth-order valence-corrected chi connectivity index (χ4v) is 3.32. The molecule has 0 bridgehead atoms. The van der Waals surface area contributed by atoms with E-state index in [0.717, 1.165) is 37.1 Å². The number of nitrogens with zero attached hydrogens (tertiary/aromatic N) is 1. The molecule has 2 aromatic rings. The van der Waals surface area contributed by atoms with E-state index in [1.165, 1.54) is 12.1 Å². The van der Waals surface area contributed by atoms with Crippen LogP contribution < -0.4 is 5.32 Å². The third kappa shape index (κ3) is 4.45. The van der Waals surface area contributed by atoms with Gasteiger partial charge in [-0.05, 0) is 68.6 Å². The van der Waals surface area contributed by atoms with Crippen molar-refractivity contribution in [2.45, 2.75) is 38.8 Å². The largest absolute Gasteiger partial charge is 0.348 e. The minimum absolute atomic E-state index is 0.0266. The number of carbonyl (C=O) groups is 1. The van der Waals surface area contributed by atoms with Gasteiger partial charge in [0.1, 0.15) is 5.82 Å². The van der Waals surface area contributed by atoms with Gasteiger partial charge in [-0.1, -0.05) is 24.3 Å². The van der Waals surface area contributed by atoms with E-state index in [-0.39, 0.29) is 17.8 Å². The van der Waals surface area contributed by atoms with Gasteiger partial charge in [-0.2, -0.15) is 0 Å². The van der Waals surface area contributed by atoms with Gasteiger partial charge < -0.3 is 5.32 Å². The van der Waals surface area contributed by atoms with Gasteiger partial charge in [0.15, 0.2) is 0 Å². The summed E-state index contributed by atoms with van der Waals surface area (Å²) in [5.74, 6) is -0.274. The van der Waals surface area contributed by atoms with Crippen molar-refractivity contribution >= 4 is 5.91 Å². The molecule has 1 fully saturated rings. The summed E-state index contributed by atoms with van der Waals surface area (Å²) in [6.45, 7) is 6.41. The van der Waals surface area contributed by atoms with Crippen LogP contribution in [0.4, 0.5) is 4.39 Å². The second kappa shape index (κ2) is 7.79. The molecule has 1 saturated heterocycles. The number of carbonyl (C=O) groups excluding carboxylic acids is 1. The van der Waals surface area contributed by atoms with Crippen LogP contribution in [0.5, 0.6) is 0 Å². The highest BCUT2D eigenvalue weighted by Crippen LogP contribution is 2.20. The van der Waals surface area contributed by atoms with Gasteiger partial charge in [0, 0.05) is 24.2 Å². The molecule has 1 unspecified atom stereocenters. The molecule has 1 amide bonds. The molecule has 2 aromatic carbocycles. The van der Waals surface area contributed by atoms with Crippen LogP contribution in [-0.2, 0) is 0 Å². The first-order chi connectivity index (χ1) is 12.0. The standard InChI is InChI=1S/C21H25FN2O/c1-15(2)24-13-3-4-20(14-24)23-21(25)18-7-5-16(6-8-18)17-9-11-19(22)12-10-17/h5-12,15,20H,3-4,13-14H2,1-2H3,(H,23,25). The van der Waals surface area contributed by atoms with Crippen molar-refractivity contribution in [1.29, 1.82) is 0 Å². The zero-order valence-corrected chi connectivity index (χ0v) is 14.8. The van der Waals surface area contributed by atoms with E-state index in [1.807, 2.05) is 24.3 Å². The van der Waals surface area contributed by atoms with E-state index in [9.17, 15) is 9.18 Å². The third-order valence-electron chi connectivity index (χ3n) is 4.84.